The van der Waals surface area contributed by atoms with Gasteiger partial charge in [0.15, 0.2) is 5.69 Å². The first-order valence-electron chi connectivity index (χ1n) is 8.14. The molecule has 23 heavy (non-hydrogen) atoms. The van der Waals surface area contributed by atoms with Gasteiger partial charge in [0.1, 0.15) is 5.01 Å². The molecule has 4 rings (SSSR count). The molecule has 0 atom stereocenters. The molecule has 0 aromatic carbocycles. The van der Waals surface area contributed by atoms with Crippen LogP contribution in [0.1, 0.15) is 58.8 Å². The second kappa shape index (κ2) is 6.37. The zero-order valence-corrected chi connectivity index (χ0v) is 13.7. The highest BCUT2D eigenvalue weighted by atomic mass is 32.1. The Morgan fingerprint density at radius 3 is 2.96 bits per heavy atom. The fraction of sp³-hybridized carbons (Fsp3) is 0.600. The van der Waals surface area contributed by atoms with Gasteiger partial charge in [0.2, 0.25) is 0 Å². The fourth-order valence-electron chi connectivity index (χ4n) is 2.85. The summed E-state index contributed by atoms with van der Waals surface area (Å²) < 4.78 is 1.82. The van der Waals surface area contributed by atoms with Crippen molar-refractivity contribution in [3.63, 3.8) is 0 Å². The number of nitrogens with zero attached hydrogens (tertiary/aromatic N) is 4. The number of hydrogen-bond donors (Lipinski definition) is 2. The van der Waals surface area contributed by atoms with E-state index in [1.807, 2.05) is 4.68 Å². The van der Waals surface area contributed by atoms with Crippen molar-refractivity contribution in [3.8, 4) is 0 Å². The summed E-state index contributed by atoms with van der Waals surface area (Å²) >= 11 is 1.61. The van der Waals surface area contributed by atoms with Crippen molar-refractivity contribution in [2.45, 2.75) is 44.2 Å². The van der Waals surface area contributed by atoms with E-state index in [0.717, 1.165) is 30.9 Å². The van der Waals surface area contributed by atoms with E-state index in [2.05, 4.69) is 31.3 Å². The molecule has 2 N–H and O–H groups in total. The van der Waals surface area contributed by atoms with E-state index in [9.17, 15) is 4.79 Å². The molecular weight excluding hydrogens is 312 g/mol. The van der Waals surface area contributed by atoms with Crippen LogP contribution >= 0.6 is 11.3 Å². The zero-order valence-electron chi connectivity index (χ0n) is 12.9. The van der Waals surface area contributed by atoms with Crippen molar-refractivity contribution in [1.29, 1.82) is 0 Å². The van der Waals surface area contributed by atoms with E-state index in [-0.39, 0.29) is 5.91 Å². The van der Waals surface area contributed by atoms with Crippen molar-refractivity contribution in [3.05, 3.63) is 28.0 Å². The SMILES string of the molecule is O=C(NCc1nc(C2CC2)cs1)c1cn(C2CCNCC2)nn1. The van der Waals surface area contributed by atoms with Crippen LogP contribution in [-0.2, 0) is 6.54 Å². The lowest BCUT2D eigenvalue weighted by Crippen LogP contribution is -2.29. The van der Waals surface area contributed by atoms with E-state index in [1.54, 1.807) is 17.5 Å². The Balaban J connectivity index is 1.33. The van der Waals surface area contributed by atoms with Crippen LogP contribution in [-0.4, -0.2) is 39.0 Å². The predicted octanol–water partition coefficient (Wildman–Crippen LogP) is 1.47. The molecule has 2 fully saturated rings. The van der Waals surface area contributed by atoms with Gasteiger partial charge >= 0.3 is 0 Å². The zero-order chi connectivity index (χ0) is 15.6. The molecule has 0 spiro atoms. The van der Waals surface area contributed by atoms with Crippen molar-refractivity contribution in [2.24, 2.45) is 0 Å². The maximum absolute atomic E-state index is 12.2. The van der Waals surface area contributed by atoms with E-state index < -0.39 is 0 Å². The Hall–Kier alpha value is -1.80. The number of piperidine rings is 1. The second-order valence-electron chi connectivity index (χ2n) is 6.19. The van der Waals surface area contributed by atoms with Gasteiger partial charge < -0.3 is 10.6 Å². The van der Waals surface area contributed by atoms with Crippen LogP contribution in [0.3, 0.4) is 0 Å². The minimum atomic E-state index is -0.187. The molecule has 1 saturated carbocycles. The summed E-state index contributed by atoms with van der Waals surface area (Å²) in [4.78, 5) is 16.8. The summed E-state index contributed by atoms with van der Waals surface area (Å²) in [5.74, 6) is 0.467. The molecule has 0 unspecified atom stereocenters. The number of thiazole rings is 1. The third-order valence-corrected chi connectivity index (χ3v) is 5.26. The van der Waals surface area contributed by atoms with Crippen LogP contribution in [0.4, 0.5) is 0 Å². The Morgan fingerprint density at radius 1 is 1.35 bits per heavy atom. The molecule has 8 heteroatoms. The molecule has 122 valence electrons. The predicted molar refractivity (Wildman–Crippen MR) is 86.4 cm³/mol. The number of hydrogen-bond acceptors (Lipinski definition) is 6. The van der Waals surface area contributed by atoms with Gasteiger partial charge in [-0.2, -0.15) is 0 Å². The number of carbonyl (C=O) groups excluding carboxylic acids is 1. The smallest absolute Gasteiger partial charge is 0.273 e. The van der Waals surface area contributed by atoms with Gasteiger partial charge in [-0.25, -0.2) is 9.67 Å². The van der Waals surface area contributed by atoms with Crippen molar-refractivity contribution >= 4 is 17.2 Å². The summed E-state index contributed by atoms with van der Waals surface area (Å²) in [6.45, 7) is 2.43. The number of rotatable bonds is 5. The third-order valence-electron chi connectivity index (χ3n) is 4.39. The summed E-state index contributed by atoms with van der Waals surface area (Å²) in [5, 5.41) is 17.4. The lowest BCUT2D eigenvalue weighted by molar-refractivity contribution is 0.0945. The average Bonchev–Trinajstić information content (AvgIpc) is 3.14. The summed E-state index contributed by atoms with van der Waals surface area (Å²) in [6.07, 6.45) is 6.29. The largest absolute Gasteiger partial charge is 0.344 e. The molecule has 7 nitrogen and oxygen atoms in total. The molecule has 2 aromatic heterocycles. The molecular formula is C15H20N6OS. The highest BCUT2D eigenvalue weighted by Gasteiger charge is 2.26. The van der Waals surface area contributed by atoms with Crippen molar-refractivity contribution in [1.82, 2.24) is 30.6 Å². The van der Waals surface area contributed by atoms with Crippen molar-refractivity contribution < 1.29 is 4.79 Å². The Morgan fingerprint density at radius 2 is 2.17 bits per heavy atom. The minimum absolute atomic E-state index is 0.187. The standard InChI is InChI=1S/C15H20N6OS/c22-15(17-7-14-18-13(9-23-14)10-1-2-10)12-8-21(20-19-12)11-3-5-16-6-4-11/h8-11,16H,1-7H2,(H,17,22). The minimum Gasteiger partial charge on any atom is -0.344 e. The van der Waals surface area contributed by atoms with Crippen LogP contribution in [0.5, 0.6) is 0 Å². The molecule has 1 aliphatic heterocycles. The average molecular weight is 332 g/mol. The van der Waals surface area contributed by atoms with Gasteiger partial charge in [-0.1, -0.05) is 5.21 Å². The van der Waals surface area contributed by atoms with Gasteiger partial charge in [0.25, 0.3) is 5.91 Å². The monoisotopic (exact) mass is 332 g/mol. The number of amides is 1. The van der Waals surface area contributed by atoms with Crippen LogP contribution in [0, 0.1) is 0 Å². The molecule has 1 saturated heterocycles. The quantitative estimate of drug-likeness (QED) is 0.866. The van der Waals surface area contributed by atoms with Gasteiger partial charge in [0, 0.05) is 11.3 Å². The highest BCUT2D eigenvalue weighted by Crippen LogP contribution is 2.40. The van der Waals surface area contributed by atoms with Crippen LogP contribution in [0.15, 0.2) is 11.6 Å². The van der Waals surface area contributed by atoms with Crippen LogP contribution in [0.25, 0.3) is 0 Å². The van der Waals surface area contributed by atoms with Crippen molar-refractivity contribution in [2.75, 3.05) is 13.1 Å². The first-order chi connectivity index (χ1) is 11.3. The fourth-order valence-corrected chi connectivity index (χ4v) is 3.67. The summed E-state index contributed by atoms with van der Waals surface area (Å²) in [7, 11) is 0. The molecule has 2 aliphatic rings. The van der Waals surface area contributed by atoms with E-state index in [0.29, 0.717) is 24.2 Å². The summed E-state index contributed by atoms with van der Waals surface area (Å²) in [5.41, 5.74) is 1.55. The lowest BCUT2D eigenvalue weighted by Gasteiger charge is -2.22. The van der Waals surface area contributed by atoms with Gasteiger partial charge in [0.05, 0.1) is 24.5 Å². The highest BCUT2D eigenvalue weighted by molar-refractivity contribution is 7.09. The maximum atomic E-state index is 12.2. The van der Waals surface area contributed by atoms with Gasteiger partial charge in [-0.3, -0.25) is 4.79 Å². The first kappa shape index (κ1) is 14.8. The second-order valence-corrected chi connectivity index (χ2v) is 7.13. The van der Waals surface area contributed by atoms with E-state index in [1.165, 1.54) is 18.5 Å². The van der Waals surface area contributed by atoms with Crippen LogP contribution < -0.4 is 10.6 Å². The molecule has 1 amide bonds. The van der Waals surface area contributed by atoms with E-state index >= 15 is 0 Å². The molecule has 1 aliphatic carbocycles. The van der Waals surface area contributed by atoms with E-state index in [4.69, 9.17) is 0 Å². The Bertz CT molecular complexity index is 686. The normalized spacial score (nSPS) is 19.0. The number of nitrogens with one attached hydrogen (secondary N) is 2. The topological polar surface area (TPSA) is 84.7 Å². The first-order valence-corrected chi connectivity index (χ1v) is 9.02. The third kappa shape index (κ3) is 3.42. The van der Waals surface area contributed by atoms with Crippen LogP contribution in [0.2, 0.25) is 0 Å². The molecule has 0 bridgehead atoms. The summed E-state index contributed by atoms with van der Waals surface area (Å²) in [6, 6.07) is 0.338. The lowest BCUT2D eigenvalue weighted by atomic mass is 10.1. The molecule has 3 heterocycles. The molecule has 2 aromatic rings. The maximum Gasteiger partial charge on any atom is 0.273 e. The number of carbonyl (C=O) groups is 1. The number of aromatic nitrogens is 4. The molecule has 0 radical (unpaired) electrons. The Labute approximate surface area is 138 Å². The van der Waals surface area contributed by atoms with Gasteiger partial charge in [-0.05, 0) is 38.8 Å². The van der Waals surface area contributed by atoms with Gasteiger partial charge in [-0.15, -0.1) is 16.4 Å². The Kier molecular flexibility index (Phi) is 4.09.